The lowest BCUT2D eigenvalue weighted by atomic mass is 9.91. The highest BCUT2D eigenvalue weighted by Crippen LogP contribution is 2.34. The molecule has 6 N–H and O–H groups in total. The smallest absolute Gasteiger partial charge is 0.200 e. The van der Waals surface area contributed by atoms with Crippen molar-refractivity contribution >= 4 is 28.1 Å². The number of pyridine rings is 1. The molecule has 26 heavy (non-hydrogen) atoms. The number of hydrogen-bond donors (Lipinski definition) is 5. The first-order chi connectivity index (χ1) is 12.6. The van der Waals surface area contributed by atoms with Crippen molar-refractivity contribution < 1.29 is 5.11 Å². The molecule has 136 valence electrons. The number of aromatic nitrogens is 2. The normalized spacial score (nSPS) is 20.2. The standard InChI is InChI=1S/C20H25N5O/c1-12-5-4-6-14(9-12)23-19-18-13(11-22-20(18)26)10-17(25-19)24-16-8-3-2-7-15(16)21/h4-6,9-11,15-16,22,24,26H,2-3,7-8,21H2,1H3,(H,23,25)/t15-,16+/m0/s1. The third-order valence-electron chi connectivity index (χ3n) is 5.08. The van der Waals surface area contributed by atoms with Gasteiger partial charge in [-0.15, -0.1) is 0 Å². The van der Waals surface area contributed by atoms with Crippen LogP contribution >= 0.6 is 0 Å². The predicted molar refractivity (Wildman–Crippen MR) is 106 cm³/mol. The molecule has 6 heteroatoms. The molecule has 0 radical (unpaired) electrons. The van der Waals surface area contributed by atoms with E-state index in [1.54, 1.807) is 6.20 Å². The number of benzene rings is 1. The van der Waals surface area contributed by atoms with Crippen molar-refractivity contribution in [2.75, 3.05) is 10.6 Å². The Balaban J connectivity index is 1.69. The molecule has 1 saturated carbocycles. The minimum Gasteiger partial charge on any atom is -0.494 e. The van der Waals surface area contributed by atoms with E-state index in [0.717, 1.165) is 35.3 Å². The van der Waals surface area contributed by atoms with E-state index in [-0.39, 0.29) is 18.0 Å². The molecule has 0 saturated heterocycles. The summed E-state index contributed by atoms with van der Waals surface area (Å²) in [6.45, 7) is 2.05. The number of H-pyrrole nitrogens is 1. The summed E-state index contributed by atoms with van der Waals surface area (Å²) in [6, 6.07) is 10.4. The quantitative estimate of drug-likeness (QED) is 0.489. The minimum absolute atomic E-state index is 0.114. The number of hydrogen-bond acceptors (Lipinski definition) is 5. The number of aryl methyl sites for hydroxylation is 1. The van der Waals surface area contributed by atoms with Gasteiger partial charge in [0.05, 0.1) is 5.39 Å². The van der Waals surface area contributed by atoms with Crippen LogP contribution in [0.3, 0.4) is 0 Å². The van der Waals surface area contributed by atoms with E-state index in [1.165, 1.54) is 12.8 Å². The lowest BCUT2D eigenvalue weighted by Gasteiger charge is -2.29. The number of aromatic hydroxyl groups is 1. The molecule has 0 bridgehead atoms. The molecular weight excluding hydrogens is 326 g/mol. The van der Waals surface area contributed by atoms with Crippen LogP contribution in [0.25, 0.3) is 10.8 Å². The lowest BCUT2D eigenvalue weighted by molar-refractivity contribution is 0.403. The summed E-state index contributed by atoms with van der Waals surface area (Å²) in [5.41, 5.74) is 8.37. The Bertz CT molecular complexity index is 920. The summed E-state index contributed by atoms with van der Waals surface area (Å²) in [4.78, 5) is 7.61. The van der Waals surface area contributed by atoms with Crippen molar-refractivity contribution in [3.63, 3.8) is 0 Å². The van der Waals surface area contributed by atoms with E-state index in [1.807, 2.05) is 37.3 Å². The second-order valence-corrected chi connectivity index (χ2v) is 7.15. The third-order valence-corrected chi connectivity index (χ3v) is 5.08. The molecule has 1 aliphatic carbocycles. The Morgan fingerprint density at radius 2 is 2.08 bits per heavy atom. The Hall–Kier alpha value is -2.73. The first-order valence-electron chi connectivity index (χ1n) is 9.17. The molecule has 0 unspecified atom stereocenters. The van der Waals surface area contributed by atoms with E-state index in [4.69, 9.17) is 10.7 Å². The highest BCUT2D eigenvalue weighted by molar-refractivity contribution is 5.99. The summed E-state index contributed by atoms with van der Waals surface area (Å²) in [5.74, 6) is 1.51. The van der Waals surface area contributed by atoms with Gasteiger partial charge in [-0.1, -0.05) is 25.0 Å². The summed E-state index contributed by atoms with van der Waals surface area (Å²) in [6.07, 6.45) is 6.27. The van der Waals surface area contributed by atoms with Crippen LogP contribution in [-0.2, 0) is 0 Å². The number of nitrogens with one attached hydrogen (secondary N) is 3. The fraction of sp³-hybridized carbons (Fsp3) is 0.350. The lowest BCUT2D eigenvalue weighted by Crippen LogP contribution is -2.42. The zero-order valence-corrected chi connectivity index (χ0v) is 14.9. The molecule has 0 aliphatic heterocycles. The number of anilines is 3. The van der Waals surface area contributed by atoms with Gasteiger partial charge in [0.25, 0.3) is 0 Å². The largest absolute Gasteiger partial charge is 0.494 e. The number of nitrogens with zero attached hydrogens (tertiary/aromatic N) is 1. The number of rotatable bonds is 4. The van der Waals surface area contributed by atoms with Gasteiger partial charge in [-0.2, -0.15) is 0 Å². The maximum Gasteiger partial charge on any atom is 0.200 e. The van der Waals surface area contributed by atoms with Gasteiger partial charge in [0.1, 0.15) is 11.6 Å². The summed E-state index contributed by atoms with van der Waals surface area (Å²) in [5, 5.41) is 18.6. The zero-order valence-electron chi connectivity index (χ0n) is 14.9. The van der Waals surface area contributed by atoms with Gasteiger partial charge in [0.15, 0.2) is 5.88 Å². The van der Waals surface area contributed by atoms with E-state index in [9.17, 15) is 5.11 Å². The topological polar surface area (TPSA) is 99.0 Å². The van der Waals surface area contributed by atoms with Crippen LogP contribution in [-0.4, -0.2) is 27.2 Å². The molecule has 2 atom stereocenters. The van der Waals surface area contributed by atoms with Crippen LogP contribution in [0, 0.1) is 6.92 Å². The summed E-state index contributed by atoms with van der Waals surface area (Å²) in [7, 11) is 0. The maximum atomic E-state index is 10.2. The van der Waals surface area contributed by atoms with Crippen LogP contribution in [0.4, 0.5) is 17.3 Å². The maximum absolute atomic E-state index is 10.2. The Labute approximate surface area is 152 Å². The highest BCUT2D eigenvalue weighted by atomic mass is 16.3. The van der Waals surface area contributed by atoms with E-state index < -0.39 is 0 Å². The Kier molecular flexibility index (Phi) is 4.42. The summed E-state index contributed by atoms with van der Waals surface area (Å²) < 4.78 is 0. The number of aromatic amines is 1. The van der Waals surface area contributed by atoms with E-state index in [0.29, 0.717) is 11.2 Å². The van der Waals surface area contributed by atoms with Crippen molar-refractivity contribution in [2.24, 2.45) is 5.73 Å². The molecule has 1 aliphatic rings. The van der Waals surface area contributed by atoms with Gasteiger partial charge in [0.2, 0.25) is 0 Å². The average Bonchev–Trinajstić information content (AvgIpc) is 2.98. The van der Waals surface area contributed by atoms with Crippen LogP contribution < -0.4 is 16.4 Å². The van der Waals surface area contributed by atoms with Crippen molar-refractivity contribution in [1.29, 1.82) is 0 Å². The minimum atomic E-state index is 0.114. The molecule has 4 rings (SSSR count). The van der Waals surface area contributed by atoms with Gasteiger partial charge in [0, 0.05) is 29.4 Å². The van der Waals surface area contributed by atoms with E-state index >= 15 is 0 Å². The van der Waals surface area contributed by atoms with Gasteiger partial charge in [-0.25, -0.2) is 4.98 Å². The van der Waals surface area contributed by atoms with Crippen LogP contribution in [0.1, 0.15) is 31.2 Å². The van der Waals surface area contributed by atoms with Crippen molar-refractivity contribution in [2.45, 2.75) is 44.7 Å². The van der Waals surface area contributed by atoms with Crippen LogP contribution in [0.15, 0.2) is 36.5 Å². The molecule has 1 fully saturated rings. The molecule has 0 spiro atoms. The molecule has 6 nitrogen and oxygen atoms in total. The average molecular weight is 351 g/mol. The summed E-state index contributed by atoms with van der Waals surface area (Å²) >= 11 is 0. The molecule has 2 heterocycles. The monoisotopic (exact) mass is 351 g/mol. The fourth-order valence-electron chi connectivity index (χ4n) is 3.70. The van der Waals surface area contributed by atoms with E-state index in [2.05, 4.69) is 15.6 Å². The fourth-order valence-corrected chi connectivity index (χ4v) is 3.70. The SMILES string of the molecule is Cc1cccc(Nc2nc(N[C@@H]3CCCC[C@@H]3N)cc3c[nH]c(O)c23)c1. The molecule has 3 aromatic rings. The first kappa shape index (κ1) is 16.7. The third kappa shape index (κ3) is 3.32. The molecule has 0 amide bonds. The molecular formula is C20H25N5O. The van der Waals surface area contributed by atoms with Crippen molar-refractivity contribution in [3.8, 4) is 5.88 Å². The van der Waals surface area contributed by atoms with Crippen LogP contribution in [0.5, 0.6) is 5.88 Å². The van der Waals surface area contributed by atoms with Gasteiger partial charge < -0.3 is 26.5 Å². The van der Waals surface area contributed by atoms with Gasteiger partial charge in [-0.3, -0.25) is 0 Å². The predicted octanol–water partition coefficient (Wildman–Crippen LogP) is 4.00. The van der Waals surface area contributed by atoms with Crippen molar-refractivity contribution in [3.05, 3.63) is 42.1 Å². The second kappa shape index (κ2) is 6.88. The van der Waals surface area contributed by atoms with Gasteiger partial charge in [-0.05, 0) is 43.5 Å². The van der Waals surface area contributed by atoms with Gasteiger partial charge >= 0.3 is 0 Å². The number of nitrogens with two attached hydrogens (primary N) is 1. The molecule has 2 aromatic heterocycles. The Morgan fingerprint density at radius 1 is 1.23 bits per heavy atom. The second-order valence-electron chi connectivity index (χ2n) is 7.15. The van der Waals surface area contributed by atoms with Crippen molar-refractivity contribution in [1.82, 2.24) is 9.97 Å². The zero-order chi connectivity index (χ0) is 18.1. The first-order valence-corrected chi connectivity index (χ1v) is 9.17. The number of fused-ring (bicyclic) bond motifs is 1. The Morgan fingerprint density at radius 3 is 2.88 bits per heavy atom. The van der Waals surface area contributed by atoms with Crippen LogP contribution in [0.2, 0.25) is 0 Å². The molecule has 1 aromatic carbocycles. The highest BCUT2D eigenvalue weighted by Gasteiger charge is 2.22.